The Kier molecular flexibility index (Phi) is 7.58. The van der Waals surface area contributed by atoms with Crippen LogP contribution in [0, 0.1) is 11.3 Å². The van der Waals surface area contributed by atoms with Crippen LogP contribution in [0.25, 0.3) is 0 Å². The van der Waals surface area contributed by atoms with Gasteiger partial charge in [-0.2, -0.15) is 13.2 Å². The van der Waals surface area contributed by atoms with Gasteiger partial charge in [0.1, 0.15) is 5.60 Å². The summed E-state index contributed by atoms with van der Waals surface area (Å²) < 4.78 is 45.3. The van der Waals surface area contributed by atoms with Crippen LogP contribution in [0.4, 0.5) is 18.0 Å². The maximum atomic E-state index is 13.9. The van der Waals surface area contributed by atoms with E-state index in [1.54, 1.807) is 15.9 Å². The number of hydrogen-bond donors (Lipinski definition) is 1. The Labute approximate surface area is 217 Å². The normalized spacial score (nSPS) is 26.5. The predicted molar refractivity (Wildman–Crippen MR) is 135 cm³/mol. The highest BCUT2D eigenvalue weighted by molar-refractivity contribution is 5.84. The fraction of sp³-hybridized carbons (Fsp3) is 0.714. The average Bonchev–Trinajstić information content (AvgIpc) is 3.44. The number of carbonyl (C=O) groups is 2. The standard InChI is InChI=1S/C28H40F3N3O3/c1-18(2)27(24(35)33-12-9-19-6-7-21(28(29,30)31)14-20(19)16-33)11-8-22(15-27)32-23-10-13-34(17-23)25(36)37-26(3,4)5/h6-7,14,18,22-23,32H,8-13,15-17H2,1-5H3/t22-,23?,27+/m1/s1. The van der Waals surface area contributed by atoms with Gasteiger partial charge in [0.15, 0.2) is 0 Å². The van der Waals surface area contributed by atoms with E-state index in [4.69, 9.17) is 4.74 Å². The lowest BCUT2D eigenvalue weighted by Crippen LogP contribution is -2.48. The number of likely N-dealkylation sites (tertiary alicyclic amines) is 1. The van der Waals surface area contributed by atoms with E-state index < -0.39 is 22.8 Å². The third kappa shape index (κ3) is 6.07. The van der Waals surface area contributed by atoms with Gasteiger partial charge in [0.25, 0.3) is 0 Å². The number of rotatable bonds is 4. The Hall–Kier alpha value is -2.29. The van der Waals surface area contributed by atoms with E-state index in [9.17, 15) is 22.8 Å². The van der Waals surface area contributed by atoms with Crippen LogP contribution in [0.3, 0.4) is 0 Å². The number of hydrogen-bond acceptors (Lipinski definition) is 4. The highest BCUT2D eigenvalue weighted by Crippen LogP contribution is 2.47. The molecule has 1 aromatic rings. The van der Waals surface area contributed by atoms with Gasteiger partial charge in [0, 0.05) is 38.3 Å². The van der Waals surface area contributed by atoms with Gasteiger partial charge in [0.2, 0.25) is 5.91 Å². The monoisotopic (exact) mass is 523 g/mol. The molecule has 6 nitrogen and oxygen atoms in total. The predicted octanol–water partition coefficient (Wildman–Crippen LogP) is 5.38. The number of alkyl halides is 3. The van der Waals surface area contributed by atoms with E-state index in [2.05, 4.69) is 19.2 Å². The van der Waals surface area contributed by atoms with E-state index >= 15 is 0 Å². The summed E-state index contributed by atoms with van der Waals surface area (Å²) in [4.78, 5) is 29.9. The maximum absolute atomic E-state index is 13.9. The second-order valence-electron chi connectivity index (χ2n) is 12.3. The molecule has 1 saturated heterocycles. The van der Waals surface area contributed by atoms with Crippen LogP contribution in [0.1, 0.15) is 77.0 Å². The molecule has 0 radical (unpaired) electrons. The van der Waals surface area contributed by atoms with Crippen LogP contribution in [-0.2, 0) is 28.7 Å². The van der Waals surface area contributed by atoms with Gasteiger partial charge in [-0.05, 0) is 82.1 Å². The molecular formula is C28H40F3N3O3. The van der Waals surface area contributed by atoms with Crippen LogP contribution < -0.4 is 5.32 Å². The first-order valence-electron chi connectivity index (χ1n) is 13.4. The number of halogens is 3. The number of nitrogens with zero attached hydrogens (tertiary/aromatic N) is 2. The van der Waals surface area contributed by atoms with E-state index in [0.717, 1.165) is 30.9 Å². The minimum Gasteiger partial charge on any atom is -0.444 e. The molecule has 1 unspecified atom stereocenters. The molecule has 1 aromatic carbocycles. The molecule has 2 aliphatic heterocycles. The molecule has 37 heavy (non-hydrogen) atoms. The summed E-state index contributed by atoms with van der Waals surface area (Å²) >= 11 is 0. The molecule has 1 N–H and O–H groups in total. The number of carbonyl (C=O) groups excluding carboxylic acids is 2. The van der Waals surface area contributed by atoms with Crippen LogP contribution in [-0.4, -0.2) is 59.1 Å². The van der Waals surface area contributed by atoms with Gasteiger partial charge in [-0.3, -0.25) is 4.79 Å². The Morgan fingerprint density at radius 2 is 1.78 bits per heavy atom. The number of amides is 2. The Morgan fingerprint density at radius 1 is 1.05 bits per heavy atom. The van der Waals surface area contributed by atoms with Gasteiger partial charge in [-0.15, -0.1) is 0 Å². The zero-order valence-corrected chi connectivity index (χ0v) is 22.6. The van der Waals surface area contributed by atoms with Gasteiger partial charge >= 0.3 is 12.3 Å². The summed E-state index contributed by atoms with van der Waals surface area (Å²) in [6.45, 7) is 11.7. The first kappa shape index (κ1) is 27.7. The molecule has 2 fully saturated rings. The highest BCUT2D eigenvalue weighted by atomic mass is 19.4. The van der Waals surface area contributed by atoms with Crippen LogP contribution >= 0.6 is 0 Å². The van der Waals surface area contributed by atoms with Crippen LogP contribution in [0.2, 0.25) is 0 Å². The van der Waals surface area contributed by atoms with Crippen molar-refractivity contribution >= 4 is 12.0 Å². The van der Waals surface area contributed by atoms with Crippen molar-refractivity contribution in [3.05, 3.63) is 34.9 Å². The third-order valence-electron chi connectivity index (χ3n) is 8.23. The Morgan fingerprint density at radius 3 is 2.43 bits per heavy atom. The van der Waals surface area contributed by atoms with Gasteiger partial charge in [0.05, 0.1) is 11.0 Å². The van der Waals surface area contributed by atoms with Crippen LogP contribution in [0.15, 0.2) is 18.2 Å². The molecule has 0 aromatic heterocycles. The van der Waals surface area contributed by atoms with E-state index in [1.807, 2.05) is 20.8 Å². The zero-order chi connectivity index (χ0) is 27.2. The molecule has 9 heteroatoms. The van der Waals surface area contributed by atoms with Crippen LogP contribution in [0.5, 0.6) is 0 Å². The first-order chi connectivity index (χ1) is 17.2. The van der Waals surface area contributed by atoms with E-state index in [-0.39, 0.29) is 36.5 Å². The second kappa shape index (κ2) is 10.1. The molecule has 1 saturated carbocycles. The van der Waals surface area contributed by atoms with Crippen molar-refractivity contribution in [3.63, 3.8) is 0 Å². The molecule has 4 rings (SSSR count). The van der Waals surface area contributed by atoms with Crippen molar-refractivity contribution in [1.29, 1.82) is 0 Å². The lowest BCUT2D eigenvalue weighted by atomic mass is 9.73. The van der Waals surface area contributed by atoms with E-state index in [1.165, 1.54) is 6.07 Å². The zero-order valence-electron chi connectivity index (χ0n) is 22.6. The second-order valence-corrected chi connectivity index (χ2v) is 12.3. The summed E-state index contributed by atoms with van der Waals surface area (Å²) in [5.41, 5.74) is -0.262. The molecule has 2 heterocycles. The number of fused-ring (bicyclic) bond motifs is 1. The Balaban J connectivity index is 1.40. The summed E-state index contributed by atoms with van der Waals surface area (Å²) in [6.07, 6.45) is -0.998. The molecule has 3 aliphatic rings. The molecule has 0 bridgehead atoms. The van der Waals surface area contributed by atoms with Gasteiger partial charge in [-0.1, -0.05) is 19.9 Å². The smallest absolute Gasteiger partial charge is 0.416 e. The summed E-state index contributed by atoms with van der Waals surface area (Å²) in [5.74, 6) is 0.160. The minimum absolute atomic E-state index is 0.0525. The number of ether oxygens (including phenoxy) is 1. The minimum atomic E-state index is -4.40. The maximum Gasteiger partial charge on any atom is 0.416 e. The highest BCUT2D eigenvalue weighted by Gasteiger charge is 2.50. The SMILES string of the molecule is CC(C)[C@]1(C(=O)N2CCc3ccc(C(F)(F)F)cc3C2)CC[C@@H](NC2CCN(C(=O)OC(C)(C)C)C2)C1. The lowest BCUT2D eigenvalue weighted by Gasteiger charge is -2.40. The summed E-state index contributed by atoms with van der Waals surface area (Å²) in [5, 5.41) is 3.69. The first-order valence-corrected chi connectivity index (χ1v) is 13.4. The third-order valence-corrected chi connectivity index (χ3v) is 8.23. The number of benzene rings is 1. The van der Waals surface area contributed by atoms with Crippen molar-refractivity contribution in [2.45, 2.75) is 97.1 Å². The summed E-state index contributed by atoms with van der Waals surface area (Å²) in [7, 11) is 0. The molecule has 1 aliphatic carbocycles. The van der Waals surface area contributed by atoms with E-state index in [0.29, 0.717) is 38.0 Å². The van der Waals surface area contributed by atoms with Crippen molar-refractivity contribution in [1.82, 2.24) is 15.1 Å². The molecular weight excluding hydrogens is 483 g/mol. The fourth-order valence-corrected chi connectivity index (χ4v) is 6.13. The quantitative estimate of drug-likeness (QED) is 0.575. The topological polar surface area (TPSA) is 61.9 Å². The average molecular weight is 524 g/mol. The molecule has 3 atom stereocenters. The van der Waals surface area contributed by atoms with Gasteiger partial charge in [-0.25, -0.2) is 4.79 Å². The van der Waals surface area contributed by atoms with Crippen molar-refractivity contribution in [2.24, 2.45) is 11.3 Å². The van der Waals surface area contributed by atoms with Gasteiger partial charge < -0.3 is 19.9 Å². The number of nitrogens with one attached hydrogen (secondary N) is 1. The molecule has 2 amide bonds. The molecule has 206 valence electrons. The lowest BCUT2D eigenvalue weighted by molar-refractivity contribution is -0.145. The summed E-state index contributed by atoms with van der Waals surface area (Å²) in [6, 6.07) is 4.19. The largest absolute Gasteiger partial charge is 0.444 e. The fourth-order valence-electron chi connectivity index (χ4n) is 6.13. The Bertz CT molecular complexity index is 1020. The van der Waals surface area contributed by atoms with Crippen molar-refractivity contribution < 1.29 is 27.5 Å². The van der Waals surface area contributed by atoms with Crippen molar-refractivity contribution in [2.75, 3.05) is 19.6 Å². The van der Waals surface area contributed by atoms with Crippen molar-refractivity contribution in [3.8, 4) is 0 Å². The molecule has 0 spiro atoms.